The Bertz CT molecular complexity index is 1210. The number of nitrogens with zero attached hydrogens (tertiary/aromatic N) is 2. The number of anilines is 4. The molecule has 1 aromatic heterocycles. The molecule has 3 N–H and O–H groups in total. The van der Waals surface area contributed by atoms with Gasteiger partial charge >= 0.3 is 0 Å². The van der Waals surface area contributed by atoms with E-state index in [1.54, 1.807) is 7.11 Å². The monoisotopic (exact) mass is 413 g/mol. The lowest BCUT2D eigenvalue weighted by Crippen LogP contribution is -2.18. The van der Waals surface area contributed by atoms with Gasteiger partial charge in [0.2, 0.25) is 11.9 Å². The van der Waals surface area contributed by atoms with Crippen molar-refractivity contribution < 1.29 is 9.53 Å². The SMILES string of the molecule is COc1cccc(Nc2nc(Nc3ccc(CNC(C)=O)cc3)nc3ccccc23)c1. The van der Waals surface area contributed by atoms with Crippen LogP contribution in [0.3, 0.4) is 0 Å². The van der Waals surface area contributed by atoms with Gasteiger partial charge in [-0.2, -0.15) is 4.98 Å². The number of carbonyl (C=O) groups excluding carboxylic acids is 1. The number of ether oxygens (including phenoxy) is 1. The van der Waals surface area contributed by atoms with Crippen molar-refractivity contribution in [3.63, 3.8) is 0 Å². The summed E-state index contributed by atoms with van der Waals surface area (Å²) in [7, 11) is 1.64. The van der Waals surface area contributed by atoms with Crippen molar-refractivity contribution in [3.8, 4) is 5.75 Å². The van der Waals surface area contributed by atoms with Crippen LogP contribution >= 0.6 is 0 Å². The summed E-state index contributed by atoms with van der Waals surface area (Å²) in [5.41, 5.74) is 3.57. The van der Waals surface area contributed by atoms with Crippen LogP contribution in [0.25, 0.3) is 10.9 Å². The van der Waals surface area contributed by atoms with Gasteiger partial charge < -0.3 is 20.7 Å². The van der Waals surface area contributed by atoms with E-state index < -0.39 is 0 Å². The van der Waals surface area contributed by atoms with E-state index in [4.69, 9.17) is 9.72 Å². The average Bonchev–Trinajstić information content (AvgIpc) is 2.79. The molecule has 0 aliphatic rings. The van der Waals surface area contributed by atoms with E-state index in [9.17, 15) is 4.79 Å². The highest BCUT2D eigenvalue weighted by Crippen LogP contribution is 2.27. The Morgan fingerprint density at radius 2 is 1.71 bits per heavy atom. The molecule has 0 atom stereocenters. The third kappa shape index (κ3) is 5.08. The summed E-state index contributed by atoms with van der Waals surface area (Å²) in [5, 5.41) is 10.3. The van der Waals surface area contributed by atoms with Crippen LogP contribution in [0.15, 0.2) is 72.8 Å². The highest BCUT2D eigenvalue weighted by atomic mass is 16.5. The van der Waals surface area contributed by atoms with Gasteiger partial charge in [0.1, 0.15) is 11.6 Å². The number of methoxy groups -OCH3 is 1. The Hall–Kier alpha value is -4.13. The van der Waals surface area contributed by atoms with Crippen LogP contribution in [0, 0.1) is 0 Å². The second kappa shape index (κ2) is 9.13. The first kappa shape index (κ1) is 20.2. The Labute approximate surface area is 180 Å². The molecular weight excluding hydrogens is 390 g/mol. The summed E-state index contributed by atoms with van der Waals surface area (Å²) in [5.74, 6) is 1.89. The molecule has 0 unspecified atom stereocenters. The first-order valence-electron chi connectivity index (χ1n) is 9.89. The minimum Gasteiger partial charge on any atom is -0.497 e. The smallest absolute Gasteiger partial charge is 0.229 e. The third-order valence-corrected chi connectivity index (χ3v) is 4.69. The molecule has 1 heterocycles. The minimum atomic E-state index is -0.0529. The Balaban J connectivity index is 1.60. The van der Waals surface area contributed by atoms with Crippen molar-refractivity contribution in [2.45, 2.75) is 13.5 Å². The molecule has 7 heteroatoms. The van der Waals surface area contributed by atoms with Gasteiger partial charge in [-0.1, -0.05) is 30.3 Å². The fourth-order valence-corrected chi connectivity index (χ4v) is 3.13. The molecule has 31 heavy (non-hydrogen) atoms. The summed E-state index contributed by atoms with van der Waals surface area (Å²) < 4.78 is 5.31. The Morgan fingerprint density at radius 3 is 2.48 bits per heavy atom. The zero-order valence-electron chi connectivity index (χ0n) is 17.3. The van der Waals surface area contributed by atoms with E-state index in [0.29, 0.717) is 18.3 Å². The maximum atomic E-state index is 11.1. The molecule has 4 rings (SSSR count). The molecule has 3 aromatic carbocycles. The molecule has 0 radical (unpaired) electrons. The maximum absolute atomic E-state index is 11.1. The highest BCUT2D eigenvalue weighted by molar-refractivity contribution is 5.92. The minimum absolute atomic E-state index is 0.0529. The van der Waals surface area contributed by atoms with E-state index in [1.807, 2.05) is 72.8 Å². The van der Waals surface area contributed by atoms with Gasteiger partial charge in [0.25, 0.3) is 0 Å². The standard InChI is InChI=1S/C24H23N5O2/c1-16(30)25-15-17-10-12-18(13-11-17)27-24-28-22-9-4-3-8-21(22)23(29-24)26-19-6-5-7-20(14-19)31-2/h3-14H,15H2,1-2H3,(H,25,30)(H2,26,27,28,29). The number of hydrogen-bond donors (Lipinski definition) is 3. The van der Waals surface area contributed by atoms with Gasteiger partial charge in [0, 0.05) is 36.3 Å². The van der Waals surface area contributed by atoms with Crippen molar-refractivity contribution in [2.75, 3.05) is 17.7 Å². The van der Waals surface area contributed by atoms with Gasteiger partial charge in [-0.05, 0) is 42.0 Å². The Morgan fingerprint density at radius 1 is 0.903 bits per heavy atom. The van der Waals surface area contributed by atoms with Crippen molar-refractivity contribution in [1.29, 1.82) is 0 Å². The number of rotatable bonds is 7. The first-order valence-corrected chi connectivity index (χ1v) is 9.89. The van der Waals surface area contributed by atoms with E-state index in [2.05, 4.69) is 20.9 Å². The largest absolute Gasteiger partial charge is 0.497 e. The van der Waals surface area contributed by atoms with Crippen LogP contribution < -0.4 is 20.7 Å². The summed E-state index contributed by atoms with van der Waals surface area (Å²) in [4.78, 5) is 20.4. The number of aromatic nitrogens is 2. The number of amides is 1. The lowest BCUT2D eigenvalue weighted by molar-refractivity contribution is -0.119. The molecule has 4 aromatic rings. The molecule has 1 amide bonds. The number of carbonyl (C=O) groups is 1. The zero-order valence-corrected chi connectivity index (χ0v) is 17.3. The fourth-order valence-electron chi connectivity index (χ4n) is 3.13. The van der Waals surface area contributed by atoms with E-state index in [0.717, 1.165) is 33.6 Å². The van der Waals surface area contributed by atoms with Crippen molar-refractivity contribution >= 4 is 40.0 Å². The molecule has 0 fully saturated rings. The van der Waals surface area contributed by atoms with Gasteiger partial charge in [0.05, 0.1) is 12.6 Å². The van der Waals surface area contributed by atoms with E-state index in [1.165, 1.54) is 6.92 Å². The van der Waals surface area contributed by atoms with Crippen molar-refractivity contribution in [1.82, 2.24) is 15.3 Å². The molecule has 0 spiro atoms. The summed E-state index contributed by atoms with van der Waals surface area (Å²) >= 11 is 0. The molecule has 0 aliphatic heterocycles. The number of para-hydroxylation sites is 1. The lowest BCUT2D eigenvalue weighted by Gasteiger charge is -2.13. The molecule has 0 saturated heterocycles. The summed E-state index contributed by atoms with van der Waals surface area (Å²) in [6.07, 6.45) is 0. The molecule has 0 bridgehead atoms. The van der Waals surface area contributed by atoms with Crippen LogP contribution in [0.2, 0.25) is 0 Å². The molecule has 0 aliphatic carbocycles. The fraction of sp³-hybridized carbons (Fsp3) is 0.125. The topological polar surface area (TPSA) is 88.2 Å². The van der Waals surface area contributed by atoms with Crippen LogP contribution in [0.1, 0.15) is 12.5 Å². The predicted octanol–water partition coefficient (Wildman–Crippen LogP) is 4.76. The Kier molecular flexibility index (Phi) is 5.93. The van der Waals surface area contributed by atoms with Crippen molar-refractivity contribution in [3.05, 3.63) is 78.4 Å². The zero-order chi connectivity index (χ0) is 21.6. The quantitative estimate of drug-likeness (QED) is 0.405. The molecular formula is C24H23N5O2. The highest BCUT2D eigenvalue weighted by Gasteiger charge is 2.09. The van der Waals surface area contributed by atoms with Crippen LogP contribution in [-0.4, -0.2) is 23.0 Å². The van der Waals surface area contributed by atoms with Gasteiger partial charge in [0.15, 0.2) is 0 Å². The first-order chi connectivity index (χ1) is 15.1. The average molecular weight is 413 g/mol. The van der Waals surface area contributed by atoms with Crippen LogP contribution in [-0.2, 0) is 11.3 Å². The van der Waals surface area contributed by atoms with Gasteiger partial charge in [-0.15, -0.1) is 0 Å². The van der Waals surface area contributed by atoms with Gasteiger partial charge in [-0.25, -0.2) is 4.98 Å². The molecule has 0 saturated carbocycles. The maximum Gasteiger partial charge on any atom is 0.229 e. The second-order valence-corrected chi connectivity index (χ2v) is 7.00. The summed E-state index contributed by atoms with van der Waals surface area (Å²) in [6, 6.07) is 23.3. The van der Waals surface area contributed by atoms with E-state index in [-0.39, 0.29) is 5.91 Å². The van der Waals surface area contributed by atoms with E-state index >= 15 is 0 Å². The number of hydrogen-bond acceptors (Lipinski definition) is 6. The van der Waals surface area contributed by atoms with Crippen LogP contribution in [0.4, 0.5) is 23.1 Å². The van der Waals surface area contributed by atoms with Gasteiger partial charge in [-0.3, -0.25) is 4.79 Å². The second-order valence-electron chi connectivity index (χ2n) is 7.00. The lowest BCUT2D eigenvalue weighted by atomic mass is 10.2. The molecule has 7 nitrogen and oxygen atoms in total. The third-order valence-electron chi connectivity index (χ3n) is 4.69. The van der Waals surface area contributed by atoms with Crippen molar-refractivity contribution in [2.24, 2.45) is 0 Å². The number of nitrogens with one attached hydrogen (secondary N) is 3. The van der Waals surface area contributed by atoms with Crippen LogP contribution in [0.5, 0.6) is 5.75 Å². The number of benzene rings is 3. The number of fused-ring (bicyclic) bond motifs is 1. The summed E-state index contributed by atoms with van der Waals surface area (Å²) in [6.45, 7) is 2.00. The normalized spacial score (nSPS) is 10.5. The predicted molar refractivity (Wildman–Crippen MR) is 123 cm³/mol. The molecule has 156 valence electrons.